The van der Waals surface area contributed by atoms with Crippen LogP contribution in [0.3, 0.4) is 0 Å². The normalized spacial score (nSPS) is 22.6. The maximum absolute atomic E-state index is 12.9. The maximum Gasteiger partial charge on any atom is 0.416 e. The van der Waals surface area contributed by atoms with Gasteiger partial charge in [0.2, 0.25) is 11.8 Å². The Bertz CT molecular complexity index is 742. The Kier molecular flexibility index (Phi) is 5.70. The fourth-order valence-electron chi connectivity index (χ4n) is 4.28. The molecule has 2 saturated heterocycles. The number of piperidine rings is 2. The van der Waals surface area contributed by atoms with Crippen LogP contribution in [-0.2, 0) is 26.9 Å². The standard InChI is InChI=1S/C20H25F3N2O3/c1-24-13-16(28-2)12-19(18(24)27)6-8-25(9-7-19)17(26)11-14-4-3-5-15(10-14)20(21,22)23/h3-5,10,16H,6-9,11-13H2,1-2H3. The van der Waals surface area contributed by atoms with E-state index in [1.807, 2.05) is 0 Å². The van der Waals surface area contributed by atoms with Crippen LogP contribution in [0, 0.1) is 5.41 Å². The number of amides is 2. The van der Waals surface area contributed by atoms with Crippen LogP contribution in [0.5, 0.6) is 0 Å². The van der Waals surface area contributed by atoms with Crippen molar-refractivity contribution >= 4 is 11.8 Å². The average molecular weight is 398 g/mol. The van der Waals surface area contributed by atoms with Gasteiger partial charge in [0.15, 0.2) is 0 Å². The molecular formula is C20H25F3N2O3. The molecule has 0 N–H and O–H groups in total. The first-order valence-electron chi connectivity index (χ1n) is 9.37. The molecule has 0 bridgehead atoms. The van der Waals surface area contributed by atoms with Crippen molar-refractivity contribution in [3.8, 4) is 0 Å². The summed E-state index contributed by atoms with van der Waals surface area (Å²) < 4.78 is 44.0. The van der Waals surface area contributed by atoms with Crippen molar-refractivity contribution in [2.75, 3.05) is 33.8 Å². The number of ether oxygens (including phenoxy) is 1. The molecule has 2 aliphatic heterocycles. The van der Waals surface area contributed by atoms with Gasteiger partial charge in [-0.15, -0.1) is 0 Å². The Morgan fingerprint density at radius 3 is 2.57 bits per heavy atom. The second-order valence-electron chi connectivity index (χ2n) is 7.78. The van der Waals surface area contributed by atoms with Crippen molar-refractivity contribution in [2.45, 2.75) is 38.0 Å². The molecule has 2 fully saturated rings. The van der Waals surface area contributed by atoms with Gasteiger partial charge in [-0.3, -0.25) is 9.59 Å². The molecule has 154 valence electrons. The number of methoxy groups -OCH3 is 1. The smallest absolute Gasteiger partial charge is 0.380 e. The molecule has 2 heterocycles. The summed E-state index contributed by atoms with van der Waals surface area (Å²) in [5.41, 5.74) is -0.925. The van der Waals surface area contributed by atoms with Crippen molar-refractivity contribution in [2.24, 2.45) is 5.41 Å². The van der Waals surface area contributed by atoms with E-state index in [2.05, 4.69) is 0 Å². The topological polar surface area (TPSA) is 49.9 Å². The summed E-state index contributed by atoms with van der Waals surface area (Å²) in [5, 5.41) is 0. The second-order valence-corrected chi connectivity index (χ2v) is 7.78. The van der Waals surface area contributed by atoms with Crippen molar-refractivity contribution in [3.05, 3.63) is 35.4 Å². The van der Waals surface area contributed by atoms with E-state index >= 15 is 0 Å². The molecule has 0 aromatic heterocycles. The molecule has 0 aliphatic carbocycles. The number of hydrogen-bond donors (Lipinski definition) is 0. The Morgan fingerprint density at radius 2 is 1.96 bits per heavy atom. The lowest BCUT2D eigenvalue weighted by Gasteiger charge is -2.47. The van der Waals surface area contributed by atoms with Crippen LogP contribution >= 0.6 is 0 Å². The third kappa shape index (κ3) is 4.16. The number of hydrogen-bond acceptors (Lipinski definition) is 3. The van der Waals surface area contributed by atoms with Crippen LogP contribution in [0.25, 0.3) is 0 Å². The number of carbonyl (C=O) groups excluding carboxylic acids is 2. The molecule has 1 aromatic rings. The van der Waals surface area contributed by atoms with Crippen LogP contribution in [0.2, 0.25) is 0 Å². The Morgan fingerprint density at radius 1 is 1.29 bits per heavy atom. The van der Waals surface area contributed by atoms with Gasteiger partial charge in [0, 0.05) is 33.8 Å². The number of nitrogens with zero attached hydrogens (tertiary/aromatic N) is 2. The minimum Gasteiger partial charge on any atom is -0.380 e. The zero-order chi connectivity index (χ0) is 20.5. The van der Waals surface area contributed by atoms with Crippen molar-refractivity contribution in [1.29, 1.82) is 0 Å². The molecule has 0 radical (unpaired) electrons. The number of rotatable bonds is 3. The van der Waals surface area contributed by atoms with Crippen LogP contribution in [0.15, 0.2) is 24.3 Å². The molecule has 3 rings (SSSR count). The minimum atomic E-state index is -4.43. The monoisotopic (exact) mass is 398 g/mol. The third-order valence-corrected chi connectivity index (χ3v) is 5.91. The van der Waals surface area contributed by atoms with Crippen LogP contribution < -0.4 is 0 Å². The van der Waals surface area contributed by atoms with Crippen molar-refractivity contribution in [1.82, 2.24) is 9.80 Å². The van der Waals surface area contributed by atoms with E-state index in [4.69, 9.17) is 4.74 Å². The van der Waals surface area contributed by atoms with Gasteiger partial charge in [-0.2, -0.15) is 13.2 Å². The molecular weight excluding hydrogens is 373 g/mol. The van der Waals surface area contributed by atoms with E-state index in [0.29, 0.717) is 44.5 Å². The summed E-state index contributed by atoms with van der Waals surface area (Å²) in [7, 11) is 3.40. The van der Waals surface area contributed by atoms with Gasteiger partial charge < -0.3 is 14.5 Å². The zero-order valence-corrected chi connectivity index (χ0v) is 16.1. The second kappa shape index (κ2) is 7.73. The summed E-state index contributed by atoms with van der Waals surface area (Å²) in [6, 6.07) is 4.86. The van der Waals surface area contributed by atoms with Gasteiger partial charge >= 0.3 is 6.18 Å². The molecule has 0 saturated carbocycles. The van der Waals surface area contributed by atoms with E-state index in [9.17, 15) is 22.8 Å². The highest BCUT2D eigenvalue weighted by molar-refractivity contribution is 5.84. The fourth-order valence-corrected chi connectivity index (χ4v) is 4.28. The van der Waals surface area contributed by atoms with Gasteiger partial charge in [-0.1, -0.05) is 18.2 Å². The highest BCUT2D eigenvalue weighted by Gasteiger charge is 2.48. The summed E-state index contributed by atoms with van der Waals surface area (Å²) in [5.74, 6) is -0.125. The van der Waals surface area contributed by atoms with Gasteiger partial charge in [-0.05, 0) is 30.9 Å². The SMILES string of the molecule is COC1CN(C)C(=O)C2(CCN(C(=O)Cc3cccc(C(F)(F)F)c3)CC2)C1. The predicted molar refractivity (Wildman–Crippen MR) is 96.4 cm³/mol. The summed E-state index contributed by atoms with van der Waals surface area (Å²) in [6.07, 6.45) is -2.79. The summed E-state index contributed by atoms with van der Waals surface area (Å²) >= 11 is 0. The lowest BCUT2D eigenvalue weighted by Crippen LogP contribution is -2.57. The van der Waals surface area contributed by atoms with Crippen LogP contribution in [0.1, 0.15) is 30.4 Å². The summed E-state index contributed by atoms with van der Waals surface area (Å²) in [6.45, 7) is 1.41. The first kappa shape index (κ1) is 20.6. The number of carbonyl (C=O) groups is 2. The molecule has 1 unspecified atom stereocenters. The molecule has 8 heteroatoms. The molecule has 1 aromatic carbocycles. The Balaban J connectivity index is 1.63. The highest BCUT2D eigenvalue weighted by atomic mass is 19.4. The minimum absolute atomic E-state index is 0.0185. The number of alkyl halides is 3. The molecule has 1 atom stereocenters. The number of benzene rings is 1. The lowest BCUT2D eigenvalue weighted by molar-refractivity contribution is -0.158. The molecule has 28 heavy (non-hydrogen) atoms. The quantitative estimate of drug-likeness (QED) is 0.787. The van der Waals surface area contributed by atoms with Gasteiger partial charge in [0.05, 0.1) is 23.5 Å². The van der Waals surface area contributed by atoms with Gasteiger partial charge in [0.1, 0.15) is 0 Å². The first-order chi connectivity index (χ1) is 13.1. The Labute approximate surface area is 162 Å². The van der Waals surface area contributed by atoms with E-state index in [1.54, 1.807) is 24.0 Å². The molecule has 2 amide bonds. The van der Waals surface area contributed by atoms with Crippen molar-refractivity contribution < 1.29 is 27.5 Å². The van der Waals surface area contributed by atoms with E-state index in [0.717, 1.165) is 12.1 Å². The molecule has 1 spiro atoms. The van der Waals surface area contributed by atoms with E-state index in [1.165, 1.54) is 12.1 Å². The molecule has 5 nitrogen and oxygen atoms in total. The van der Waals surface area contributed by atoms with Crippen LogP contribution in [-0.4, -0.2) is 61.5 Å². The first-order valence-corrected chi connectivity index (χ1v) is 9.37. The van der Waals surface area contributed by atoms with Crippen molar-refractivity contribution in [3.63, 3.8) is 0 Å². The number of halogens is 3. The molecule has 2 aliphatic rings. The predicted octanol–water partition coefficient (Wildman–Crippen LogP) is 2.73. The van der Waals surface area contributed by atoms with E-state index < -0.39 is 17.2 Å². The van der Waals surface area contributed by atoms with E-state index in [-0.39, 0.29) is 24.3 Å². The average Bonchev–Trinajstić information content (AvgIpc) is 2.66. The Hall–Kier alpha value is -2.09. The van der Waals surface area contributed by atoms with Gasteiger partial charge in [-0.25, -0.2) is 0 Å². The summed E-state index contributed by atoms with van der Waals surface area (Å²) in [4.78, 5) is 28.7. The fraction of sp³-hybridized carbons (Fsp3) is 0.600. The largest absolute Gasteiger partial charge is 0.416 e. The van der Waals surface area contributed by atoms with Crippen LogP contribution in [0.4, 0.5) is 13.2 Å². The lowest BCUT2D eigenvalue weighted by atomic mass is 9.71. The maximum atomic E-state index is 12.9. The number of likely N-dealkylation sites (N-methyl/N-ethyl adjacent to an activating group) is 1. The number of likely N-dealkylation sites (tertiary alicyclic amines) is 2. The highest BCUT2D eigenvalue weighted by Crippen LogP contribution is 2.41. The third-order valence-electron chi connectivity index (χ3n) is 5.91. The zero-order valence-electron chi connectivity index (χ0n) is 16.1. The van der Waals surface area contributed by atoms with Gasteiger partial charge in [0.25, 0.3) is 0 Å².